The third-order valence-corrected chi connectivity index (χ3v) is 9.75. The van der Waals surface area contributed by atoms with Gasteiger partial charge >= 0.3 is 36.3 Å². The summed E-state index contributed by atoms with van der Waals surface area (Å²) in [5, 5.41) is 31.5. The zero-order chi connectivity index (χ0) is 44.6. The number of nitrogens with zero attached hydrogens (tertiary/aromatic N) is 4. The van der Waals surface area contributed by atoms with Crippen LogP contribution in [-0.2, 0) is 29.5 Å². The second-order valence-corrected chi connectivity index (χ2v) is 13.9. The molecular formula is C35H26Cl2F10N4O9. The van der Waals surface area contributed by atoms with Crippen LogP contribution in [0.1, 0.15) is 48.0 Å². The molecule has 25 heteroatoms. The molecule has 3 aromatic rings. The number of carbonyl (C=O) groups is 3. The van der Waals surface area contributed by atoms with Crippen molar-refractivity contribution in [1.82, 2.24) is 14.7 Å². The standard InChI is InChI=1S/C35H26Cl2F10N4O9/c36-21-5-4-17(18-13-49-51(14-18)28-22(37)11-19(12-25(28)60-35(45,46)47)32(38,33(39,40)41)34(42,43)44)10-20(21)29(55)50(31(15-48)8-9-31)16-57-30(56)59-24-3-1-2-23(24)58-27(54)7-6-26(52)53/h4-7,10-14,23-24,30,56H,1-3,8-9,16H2,(H,52,53)/b7-6+/t23-,24-,30?/m0/s1. The zero-order valence-corrected chi connectivity index (χ0v) is 31.3. The van der Waals surface area contributed by atoms with Crippen LogP contribution in [0.3, 0.4) is 0 Å². The highest BCUT2D eigenvalue weighted by atomic mass is 35.5. The van der Waals surface area contributed by atoms with Crippen molar-refractivity contribution in [2.45, 2.75) is 80.7 Å². The van der Waals surface area contributed by atoms with Crippen LogP contribution in [-0.4, -0.2) is 92.4 Å². The number of alkyl halides is 10. The van der Waals surface area contributed by atoms with Gasteiger partial charge in [-0.15, -0.1) is 13.2 Å². The lowest BCUT2D eigenvalue weighted by Gasteiger charge is -2.31. The van der Waals surface area contributed by atoms with Gasteiger partial charge < -0.3 is 29.2 Å². The molecule has 0 saturated heterocycles. The van der Waals surface area contributed by atoms with E-state index in [0.29, 0.717) is 29.7 Å². The molecule has 0 bridgehead atoms. The summed E-state index contributed by atoms with van der Waals surface area (Å²) >= 11 is 12.3. The van der Waals surface area contributed by atoms with Crippen LogP contribution in [0, 0.1) is 11.3 Å². The fourth-order valence-electron chi connectivity index (χ4n) is 6.07. The molecular weight excluding hydrogens is 881 g/mol. The lowest BCUT2D eigenvalue weighted by molar-refractivity contribution is -0.348. The molecule has 1 amide bonds. The van der Waals surface area contributed by atoms with Gasteiger partial charge in [0, 0.05) is 29.5 Å². The fraction of sp³-hybridized carbons (Fsp3) is 0.400. The van der Waals surface area contributed by atoms with Gasteiger partial charge in [0.05, 0.1) is 27.9 Å². The Hall–Kier alpha value is -5.15. The molecule has 60 heavy (non-hydrogen) atoms. The Labute approximate surface area is 340 Å². The molecule has 2 N–H and O–H groups in total. The van der Waals surface area contributed by atoms with Crippen LogP contribution in [0.5, 0.6) is 5.75 Å². The number of aliphatic hydroxyl groups is 1. The van der Waals surface area contributed by atoms with E-state index in [-0.39, 0.29) is 47.0 Å². The maximum atomic E-state index is 14.9. The predicted octanol–water partition coefficient (Wildman–Crippen LogP) is 7.90. The van der Waals surface area contributed by atoms with Crippen molar-refractivity contribution in [3.8, 4) is 28.6 Å². The molecule has 1 aromatic heterocycles. The van der Waals surface area contributed by atoms with Crippen LogP contribution in [0.15, 0.2) is 54.9 Å². The third-order valence-electron chi connectivity index (χ3n) is 9.13. The van der Waals surface area contributed by atoms with E-state index >= 15 is 0 Å². The number of carboxylic acids is 1. The second kappa shape index (κ2) is 17.1. The number of aromatic nitrogens is 2. The van der Waals surface area contributed by atoms with Crippen molar-refractivity contribution in [2.24, 2.45) is 0 Å². The highest BCUT2D eigenvalue weighted by Crippen LogP contribution is 2.55. The molecule has 0 radical (unpaired) electrons. The largest absolute Gasteiger partial charge is 0.573 e. The number of halogens is 12. The highest BCUT2D eigenvalue weighted by molar-refractivity contribution is 6.34. The number of benzene rings is 2. The Morgan fingerprint density at radius 3 is 2.20 bits per heavy atom. The number of rotatable bonds is 14. The Morgan fingerprint density at radius 2 is 1.62 bits per heavy atom. The Bertz CT molecular complexity index is 2190. The highest BCUT2D eigenvalue weighted by Gasteiger charge is 2.73. The number of hydrogen-bond acceptors (Lipinski definition) is 10. The predicted molar refractivity (Wildman–Crippen MR) is 182 cm³/mol. The van der Waals surface area contributed by atoms with E-state index < -0.39 is 101 Å². The first-order valence-corrected chi connectivity index (χ1v) is 17.6. The van der Waals surface area contributed by atoms with Crippen molar-refractivity contribution in [3.05, 3.63) is 76.0 Å². The number of aliphatic hydroxyl groups excluding tert-OH is 1. The number of carbonyl (C=O) groups excluding carboxylic acids is 2. The summed E-state index contributed by atoms with van der Waals surface area (Å²) in [6.07, 6.45) is -16.5. The zero-order valence-electron chi connectivity index (χ0n) is 29.7. The maximum absolute atomic E-state index is 14.9. The van der Waals surface area contributed by atoms with Crippen LogP contribution in [0.25, 0.3) is 16.8 Å². The fourth-order valence-corrected chi connectivity index (χ4v) is 6.56. The maximum Gasteiger partial charge on any atom is 0.573 e. The topological polar surface area (TPSA) is 173 Å². The molecule has 1 unspecified atom stereocenters. The average molecular weight is 907 g/mol. The van der Waals surface area contributed by atoms with Crippen molar-refractivity contribution in [3.63, 3.8) is 0 Å². The molecule has 1 heterocycles. The number of amides is 1. The quantitative estimate of drug-likeness (QED) is 0.0697. The average Bonchev–Trinajstić information content (AvgIpc) is 3.56. The molecule has 2 saturated carbocycles. The summed E-state index contributed by atoms with van der Waals surface area (Å²) < 4.78 is 156. The van der Waals surface area contributed by atoms with Gasteiger partial charge in [-0.3, -0.25) is 9.69 Å². The molecule has 2 fully saturated rings. The minimum absolute atomic E-state index is 0.0306. The summed E-state index contributed by atoms with van der Waals surface area (Å²) in [5.74, 6) is -5.12. The number of carboxylic acid groups (broad SMARTS) is 1. The number of ether oxygens (including phenoxy) is 4. The molecule has 0 spiro atoms. The summed E-state index contributed by atoms with van der Waals surface area (Å²) in [6, 6.07) is 4.92. The molecule has 13 nitrogen and oxygen atoms in total. The van der Waals surface area contributed by atoms with Crippen LogP contribution < -0.4 is 4.74 Å². The van der Waals surface area contributed by atoms with E-state index in [1.54, 1.807) is 0 Å². The number of hydrogen-bond donors (Lipinski definition) is 2. The summed E-state index contributed by atoms with van der Waals surface area (Å²) in [4.78, 5) is 37.5. The normalized spacial score (nSPS) is 18.5. The molecule has 2 aromatic carbocycles. The molecule has 0 aliphatic heterocycles. The summed E-state index contributed by atoms with van der Waals surface area (Å²) in [5.41, 5.74) is -11.4. The number of aliphatic carboxylic acids is 1. The summed E-state index contributed by atoms with van der Waals surface area (Å²) in [7, 11) is 0. The molecule has 5 rings (SSSR count). The minimum Gasteiger partial charge on any atom is -0.478 e. The first-order chi connectivity index (χ1) is 27.8. The monoisotopic (exact) mass is 906 g/mol. The third kappa shape index (κ3) is 9.89. The Kier molecular flexibility index (Phi) is 13.1. The van der Waals surface area contributed by atoms with Gasteiger partial charge in [0.2, 0.25) is 0 Å². The van der Waals surface area contributed by atoms with Gasteiger partial charge in [0.15, 0.2) is 5.75 Å². The van der Waals surface area contributed by atoms with Crippen molar-refractivity contribution in [1.29, 1.82) is 5.26 Å². The SMILES string of the molecule is N#CC1(N(COC(O)O[C@H]2CCC[C@@H]2OC(=O)/C=C/C(=O)O)C(=O)c2cc(-c3cnn(-c4c(Cl)cc(C(F)(C(F)(F)F)C(F)(F)F)cc4OC(F)(F)F)c3)ccc2Cl)CC1. The van der Waals surface area contributed by atoms with E-state index in [0.717, 1.165) is 23.4 Å². The van der Waals surface area contributed by atoms with Gasteiger partial charge in [-0.2, -0.15) is 36.7 Å². The van der Waals surface area contributed by atoms with Crippen molar-refractivity contribution < 1.29 is 87.4 Å². The first-order valence-electron chi connectivity index (χ1n) is 16.9. The molecule has 2 aliphatic carbocycles. The minimum atomic E-state index is -6.71. The van der Waals surface area contributed by atoms with Gasteiger partial charge in [-0.25, -0.2) is 18.7 Å². The van der Waals surface area contributed by atoms with Crippen LogP contribution in [0.2, 0.25) is 10.0 Å². The van der Waals surface area contributed by atoms with Gasteiger partial charge in [0.25, 0.3) is 12.4 Å². The molecule has 2 aliphatic rings. The van der Waals surface area contributed by atoms with E-state index in [2.05, 4.69) is 9.84 Å². The molecule has 3 atom stereocenters. The van der Waals surface area contributed by atoms with Crippen molar-refractivity contribution >= 4 is 41.0 Å². The van der Waals surface area contributed by atoms with E-state index in [1.165, 1.54) is 12.1 Å². The molecule has 324 valence electrons. The Morgan fingerprint density at radius 1 is 0.967 bits per heavy atom. The lowest BCUT2D eigenvalue weighted by atomic mass is 9.93. The smallest absolute Gasteiger partial charge is 0.478 e. The van der Waals surface area contributed by atoms with Crippen molar-refractivity contribution in [2.75, 3.05) is 6.73 Å². The van der Waals surface area contributed by atoms with Gasteiger partial charge in [-0.1, -0.05) is 29.3 Å². The summed E-state index contributed by atoms with van der Waals surface area (Å²) in [6.45, 7) is -2.82. The lowest BCUT2D eigenvalue weighted by Crippen LogP contribution is -2.50. The number of nitriles is 1. The van der Waals surface area contributed by atoms with Crippen LogP contribution >= 0.6 is 23.2 Å². The van der Waals surface area contributed by atoms with E-state index in [1.807, 2.05) is 6.07 Å². The Balaban J connectivity index is 1.41. The van der Waals surface area contributed by atoms with Crippen LogP contribution in [0.4, 0.5) is 43.9 Å². The van der Waals surface area contributed by atoms with E-state index in [4.69, 9.17) is 42.5 Å². The second-order valence-electron chi connectivity index (χ2n) is 13.1. The van der Waals surface area contributed by atoms with Gasteiger partial charge in [0.1, 0.15) is 30.2 Å². The van der Waals surface area contributed by atoms with E-state index in [9.17, 15) is 68.7 Å². The van der Waals surface area contributed by atoms with Gasteiger partial charge in [-0.05, 0) is 61.9 Å². The first kappa shape index (κ1) is 45.9. The number of esters is 1.